The van der Waals surface area contributed by atoms with Gasteiger partial charge in [0.25, 0.3) is 5.56 Å². The Kier molecular flexibility index (Phi) is 5.77. The molecule has 0 unspecified atom stereocenters. The monoisotopic (exact) mass is 383 g/mol. The normalized spacial score (nSPS) is 11.4. The smallest absolute Gasteiger partial charge is 0.252 e. The molecule has 0 aliphatic heterocycles. The highest BCUT2D eigenvalue weighted by Crippen LogP contribution is 2.25. The van der Waals surface area contributed by atoms with Crippen molar-refractivity contribution in [2.24, 2.45) is 5.92 Å². The van der Waals surface area contributed by atoms with Gasteiger partial charge in [-0.05, 0) is 30.9 Å². The predicted molar refractivity (Wildman–Crippen MR) is 106 cm³/mol. The molecule has 8 nitrogen and oxygen atoms in total. The van der Waals surface area contributed by atoms with Crippen LogP contribution in [0.15, 0.2) is 39.7 Å². The van der Waals surface area contributed by atoms with Gasteiger partial charge in [-0.2, -0.15) is 9.78 Å². The summed E-state index contributed by atoms with van der Waals surface area (Å²) in [6, 6.07) is 6.71. The fourth-order valence-corrected chi connectivity index (χ4v) is 2.92. The quantitative estimate of drug-likeness (QED) is 0.647. The number of carbonyl (C=O) groups excluding carboxylic acids is 1. The largest absolute Gasteiger partial charge is 0.463 e. The molecular formula is C20H25N5O3. The molecule has 0 saturated heterocycles. The molecular weight excluding hydrogens is 358 g/mol. The second kappa shape index (κ2) is 8.24. The summed E-state index contributed by atoms with van der Waals surface area (Å²) in [6.07, 6.45) is 3.02. The Labute approximate surface area is 163 Å². The van der Waals surface area contributed by atoms with Crippen LogP contribution in [0, 0.1) is 5.92 Å². The number of nitrogens with zero attached hydrogens (tertiary/aromatic N) is 3. The van der Waals surface area contributed by atoms with Gasteiger partial charge in [-0.25, -0.2) is 4.98 Å². The summed E-state index contributed by atoms with van der Waals surface area (Å²) in [5.41, 5.74) is 0.898. The first kappa shape index (κ1) is 19.6. The van der Waals surface area contributed by atoms with Gasteiger partial charge in [0.1, 0.15) is 11.5 Å². The highest BCUT2D eigenvalue weighted by molar-refractivity contribution is 5.92. The number of nitrogens with one attached hydrogen (secondary N) is 2. The number of H-pyrrole nitrogens is 1. The molecule has 0 radical (unpaired) electrons. The fourth-order valence-electron chi connectivity index (χ4n) is 2.92. The van der Waals surface area contributed by atoms with Crippen LogP contribution in [-0.4, -0.2) is 25.7 Å². The molecule has 1 amide bonds. The third kappa shape index (κ3) is 4.05. The van der Waals surface area contributed by atoms with Gasteiger partial charge in [0.2, 0.25) is 11.9 Å². The summed E-state index contributed by atoms with van der Waals surface area (Å²) >= 11 is 0. The molecule has 0 aliphatic rings. The first-order valence-electron chi connectivity index (χ1n) is 9.49. The summed E-state index contributed by atoms with van der Waals surface area (Å²) in [7, 11) is 0. The van der Waals surface area contributed by atoms with Crippen LogP contribution in [0.4, 0.5) is 5.82 Å². The number of amides is 1. The molecule has 2 N–H and O–H groups in total. The molecule has 0 bridgehead atoms. The van der Waals surface area contributed by atoms with E-state index >= 15 is 0 Å². The highest BCUT2D eigenvalue weighted by atomic mass is 16.3. The molecule has 0 aliphatic carbocycles. The standard InChI is InChI=1S/C20H25N5O3/c1-5-13(6-2)19(27)22-17-10-15(16-8-7-9-28-16)24-25(17)20-21-14(12(3)4)11-18(26)23-20/h7-13H,5-6H2,1-4H3,(H,22,27)(H,21,23,26). The molecule has 0 spiro atoms. The minimum absolute atomic E-state index is 0.0729. The van der Waals surface area contributed by atoms with Crippen molar-refractivity contribution >= 4 is 11.7 Å². The van der Waals surface area contributed by atoms with Crippen molar-refractivity contribution in [2.75, 3.05) is 5.32 Å². The zero-order chi connectivity index (χ0) is 20.3. The molecule has 148 valence electrons. The Morgan fingerprint density at radius 3 is 2.64 bits per heavy atom. The van der Waals surface area contributed by atoms with Gasteiger partial charge in [0.05, 0.1) is 12.0 Å². The van der Waals surface area contributed by atoms with Gasteiger partial charge in [-0.3, -0.25) is 14.6 Å². The lowest BCUT2D eigenvalue weighted by Crippen LogP contribution is -2.24. The van der Waals surface area contributed by atoms with E-state index in [-0.39, 0.29) is 29.3 Å². The molecule has 3 rings (SSSR count). The van der Waals surface area contributed by atoms with E-state index in [0.29, 0.717) is 23.0 Å². The lowest BCUT2D eigenvalue weighted by molar-refractivity contribution is -0.120. The van der Waals surface area contributed by atoms with Crippen molar-refractivity contribution < 1.29 is 9.21 Å². The van der Waals surface area contributed by atoms with E-state index in [0.717, 1.165) is 12.8 Å². The predicted octanol–water partition coefficient (Wildman–Crippen LogP) is 3.71. The van der Waals surface area contributed by atoms with E-state index in [1.54, 1.807) is 24.5 Å². The van der Waals surface area contributed by atoms with E-state index in [1.165, 1.54) is 10.7 Å². The van der Waals surface area contributed by atoms with Crippen molar-refractivity contribution in [3.8, 4) is 17.4 Å². The molecule has 3 aromatic heterocycles. The summed E-state index contributed by atoms with van der Waals surface area (Å²) < 4.78 is 6.86. The Morgan fingerprint density at radius 2 is 2.04 bits per heavy atom. The topological polar surface area (TPSA) is 106 Å². The number of anilines is 1. The van der Waals surface area contributed by atoms with Crippen molar-refractivity contribution in [3.63, 3.8) is 0 Å². The zero-order valence-corrected chi connectivity index (χ0v) is 16.5. The average Bonchev–Trinajstić information content (AvgIpc) is 3.32. The van der Waals surface area contributed by atoms with Crippen LogP contribution in [0.5, 0.6) is 0 Å². The molecule has 0 atom stereocenters. The minimum Gasteiger partial charge on any atom is -0.463 e. The number of carbonyl (C=O) groups is 1. The second-order valence-corrected chi connectivity index (χ2v) is 6.96. The maximum Gasteiger partial charge on any atom is 0.252 e. The SMILES string of the molecule is CCC(CC)C(=O)Nc1cc(-c2ccco2)nn1-c1nc(C(C)C)cc(=O)[nH]1. The Balaban J connectivity index is 2.09. The fraction of sp³-hybridized carbons (Fsp3) is 0.400. The van der Waals surface area contributed by atoms with Gasteiger partial charge < -0.3 is 9.73 Å². The average molecular weight is 383 g/mol. The Bertz CT molecular complexity index is 997. The van der Waals surface area contributed by atoms with Crippen LogP contribution in [0.25, 0.3) is 17.4 Å². The minimum atomic E-state index is -0.277. The summed E-state index contributed by atoms with van der Waals surface area (Å²) in [6.45, 7) is 7.87. The third-order valence-electron chi connectivity index (χ3n) is 4.63. The van der Waals surface area contributed by atoms with Crippen LogP contribution < -0.4 is 10.9 Å². The van der Waals surface area contributed by atoms with Crippen LogP contribution in [0.3, 0.4) is 0 Å². The van der Waals surface area contributed by atoms with Crippen LogP contribution in [0.2, 0.25) is 0 Å². The Morgan fingerprint density at radius 1 is 1.29 bits per heavy atom. The molecule has 28 heavy (non-hydrogen) atoms. The second-order valence-electron chi connectivity index (χ2n) is 6.96. The summed E-state index contributed by atoms with van der Waals surface area (Å²) in [5, 5.41) is 7.42. The number of rotatable bonds is 7. The van der Waals surface area contributed by atoms with Crippen LogP contribution >= 0.6 is 0 Å². The number of aromatic amines is 1. The van der Waals surface area contributed by atoms with E-state index in [1.807, 2.05) is 27.7 Å². The van der Waals surface area contributed by atoms with E-state index in [2.05, 4.69) is 20.4 Å². The summed E-state index contributed by atoms with van der Waals surface area (Å²) in [4.78, 5) is 32.0. The van der Waals surface area contributed by atoms with Crippen molar-refractivity contribution in [1.29, 1.82) is 0 Å². The van der Waals surface area contributed by atoms with Gasteiger partial charge in [-0.1, -0.05) is 27.7 Å². The number of aromatic nitrogens is 4. The van der Waals surface area contributed by atoms with Gasteiger partial charge in [-0.15, -0.1) is 0 Å². The van der Waals surface area contributed by atoms with Crippen molar-refractivity contribution in [2.45, 2.75) is 46.5 Å². The molecule has 0 saturated carbocycles. The third-order valence-corrected chi connectivity index (χ3v) is 4.63. The molecule has 8 heteroatoms. The first-order valence-corrected chi connectivity index (χ1v) is 9.49. The summed E-state index contributed by atoms with van der Waals surface area (Å²) in [5.74, 6) is 1.09. The molecule has 3 heterocycles. The lowest BCUT2D eigenvalue weighted by Gasteiger charge is -2.14. The zero-order valence-electron chi connectivity index (χ0n) is 16.5. The molecule has 0 aromatic carbocycles. The maximum absolute atomic E-state index is 12.6. The maximum atomic E-state index is 12.6. The van der Waals surface area contributed by atoms with E-state index in [4.69, 9.17) is 4.42 Å². The van der Waals surface area contributed by atoms with Crippen LogP contribution in [0.1, 0.15) is 52.1 Å². The van der Waals surface area contributed by atoms with Gasteiger partial charge in [0, 0.05) is 18.1 Å². The van der Waals surface area contributed by atoms with Crippen LogP contribution in [-0.2, 0) is 4.79 Å². The Hall–Kier alpha value is -3.16. The van der Waals surface area contributed by atoms with Crippen molar-refractivity contribution in [1.82, 2.24) is 19.7 Å². The molecule has 3 aromatic rings. The number of furan rings is 1. The van der Waals surface area contributed by atoms with Gasteiger partial charge >= 0.3 is 0 Å². The lowest BCUT2D eigenvalue weighted by atomic mass is 10.0. The highest BCUT2D eigenvalue weighted by Gasteiger charge is 2.20. The van der Waals surface area contributed by atoms with Gasteiger partial charge in [0.15, 0.2) is 5.76 Å². The van der Waals surface area contributed by atoms with Crippen molar-refractivity contribution in [3.05, 3.63) is 46.6 Å². The first-order chi connectivity index (χ1) is 13.4. The number of hydrogen-bond donors (Lipinski definition) is 2. The molecule has 0 fully saturated rings. The van der Waals surface area contributed by atoms with E-state index < -0.39 is 0 Å². The van der Waals surface area contributed by atoms with E-state index in [9.17, 15) is 9.59 Å². The number of hydrogen-bond acceptors (Lipinski definition) is 5.